The van der Waals surface area contributed by atoms with E-state index in [9.17, 15) is 4.79 Å². The molecule has 162 valence electrons. The van der Waals surface area contributed by atoms with E-state index < -0.39 is 0 Å². The van der Waals surface area contributed by atoms with E-state index in [0.29, 0.717) is 6.61 Å². The maximum Gasteiger partial charge on any atom is 0.312 e. The van der Waals surface area contributed by atoms with Gasteiger partial charge in [-0.1, -0.05) is 78.1 Å². The number of esters is 1. The molecule has 0 spiro atoms. The van der Waals surface area contributed by atoms with Gasteiger partial charge in [-0.15, -0.1) is 0 Å². The van der Waals surface area contributed by atoms with Crippen LogP contribution in [0, 0.1) is 22.7 Å². The number of carbonyl (C=O) groups is 1. The summed E-state index contributed by atoms with van der Waals surface area (Å²) in [5.74, 6) is 2.09. The number of hydrogen-bond donors (Lipinski definition) is 0. The van der Waals surface area contributed by atoms with Gasteiger partial charge in [0.2, 0.25) is 0 Å². The molecular formula is C26H46O2. The van der Waals surface area contributed by atoms with Crippen molar-refractivity contribution in [1.29, 1.82) is 0 Å². The van der Waals surface area contributed by atoms with Gasteiger partial charge in [0.05, 0.1) is 12.0 Å². The fourth-order valence-electron chi connectivity index (χ4n) is 7.19. The van der Waals surface area contributed by atoms with Crippen molar-refractivity contribution in [3.05, 3.63) is 0 Å². The zero-order valence-corrected chi connectivity index (χ0v) is 18.9. The molecule has 0 atom stereocenters. The monoisotopic (exact) mass is 390 g/mol. The normalized spacial score (nSPS) is 31.4. The molecule has 0 aromatic heterocycles. The van der Waals surface area contributed by atoms with Crippen LogP contribution in [-0.4, -0.2) is 12.6 Å². The second kappa shape index (κ2) is 10.5. The molecule has 0 saturated heterocycles. The molecule has 0 aliphatic heterocycles. The van der Waals surface area contributed by atoms with Crippen molar-refractivity contribution in [2.75, 3.05) is 6.61 Å². The second-order valence-electron chi connectivity index (χ2n) is 10.4. The van der Waals surface area contributed by atoms with Crippen LogP contribution in [0.5, 0.6) is 0 Å². The highest BCUT2D eigenvalue weighted by atomic mass is 16.5. The molecule has 3 aliphatic carbocycles. The summed E-state index contributed by atoms with van der Waals surface area (Å²) >= 11 is 0. The van der Waals surface area contributed by atoms with Crippen LogP contribution in [0.25, 0.3) is 0 Å². The SMILES string of the molecule is CCCCC1(C2(C(=O)OCCC)CCCCC2)CCC(C2CCCCC2)CC1. The summed E-state index contributed by atoms with van der Waals surface area (Å²) in [6.45, 7) is 5.03. The number of ether oxygens (including phenoxy) is 1. The van der Waals surface area contributed by atoms with Gasteiger partial charge in [-0.2, -0.15) is 0 Å². The Kier molecular flexibility index (Phi) is 8.30. The van der Waals surface area contributed by atoms with E-state index in [2.05, 4.69) is 13.8 Å². The average Bonchev–Trinajstić information content (AvgIpc) is 2.77. The highest BCUT2D eigenvalue weighted by molar-refractivity contribution is 5.78. The van der Waals surface area contributed by atoms with Crippen LogP contribution < -0.4 is 0 Å². The Bertz CT molecular complexity index is 463. The fraction of sp³-hybridized carbons (Fsp3) is 0.962. The average molecular weight is 391 g/mol. The lowest BCUT2D eigenvalue weighted by Gasteiger charge is -2.55. The van der Waals surface area contributed by atoms with E-state index in [1.165, 1.54) is 96.3 Å². The zero-order chi connectivity index (χ0) is 19.9. The molecule has 0 N–H and O–H groups in total. The summed E-state index contributed by atoms with van der Waals surface area (Å²) in [7, 11) is 0. The van der Waals surface area contributed by atoms with Gasteiger partial charge in [0, 0.05) is 0 Å². The highest BCUT2D eigenvalue weighted by Crippen LogP contribution is 2.61. The van der Waals surface area contributed by atoms with Crippen LogP contribution in [0.2, 0.25) is 0 Å². The van der Waals surface area contributed by atoms with Crippen molar-refractivity contribution in [2.24, 2.45) is 22.7 Å². The third kappa shape index (κ3) is 4.62. The van der Waals surface area contributed by atoms with Gasteiger partial charge in [-0.05, 0) is 68.6 Å². The first-order valence-electron chi connectivity index (χ1n) is 12.8. The zero-order valence-electron chi connectivity index (χ0n) is 18.9. The summed E-state index contributed by atoms with van der Waals surface area (Å²) < 4.78 is 5.90. The molecule has 0 unspecified atom stereocenters. The molecule has 3 fully saturated rings. The summed E-state index contributed by atoms with van der Waals surface area (Å²) in [6, 6.07) is 0. The molecule has 0 radical (unpaired) electrons. The highest BCUT2D eigenvalue weighted by Gasteiger charge is 2.57. The Morgan fingerprint density at radius 3 is 2.00 bits per heavy atom. The first-order valence-corrected chi connectivity index (χ1v) is 12.8. The Labute approximate surface area is 174 Å². The van der Waals surface area contributed by atoms with Crippen LogP contribution in [0.1, 0.15) is 129 Å². The predicted octanol–water partition coefficient (Wildman–Crippen LogP) is 7.84. The van der Waals surface area contributed by atoms with Crippen molar-refractivity contribution < 1.29 is 9.53 Å². The van der Waals surface area contributed by atoms with E-state index in [1.54, 1.807) is 0 Å². The molecule has 3 rings (SSSR count). The quantitative estimate of drug-likeness (QED) is 0.395. The second-order valence-corrected chi connectivity index (χ2v) is 10.4. The Balaban J connectivity index is 1.79. The molecule has 2 heteroatoms. The summed E-state index contributed by atoms with van der Waals surface area (Å²) in [5, 5.41) is 0. The van der Waals surface area contributed by atoms with Crippen molar-refractivity contribution in [1.82, 2.24) is 0 Å². The predicted molar refractivity (Wildman–Crippen MR) is 117 cm³/mol. The largest absolute Gasteiger partial charge is 0.465 e. The lowest BCUT2D eigenvalue weighted by atomic mass is 9.49. The number of carbonyl (C=O) groups excluding carboxylic acids is 1. The Morgan fingerprint density at radius 2 is 1.39 bits per heavy atom. The maximum absolute atomic E-state index is 13.5. The number of rotatable bonds is 8. The third-order valence-corrected chi connectivity index (χ3v) is 8.86. The van der Waals surface area contributed by atoms with Crippen LogP contribution in [0.15, 0.2) is 0 Å². The van der Waals surface area contributed by atoms with Gasteiger partial charge in [-0.25, -0.2) is 0 Å². The van der Waals surface area contributed by atoms with Crippen LogP contribution in [0.4, 0.5) is 0 Å². The molecule has 0 aromatic carbocycles. The number of hydrogen-bond acceptors (Lipinski definition) is 2. The van der Waals surface area contributed by atoms with Crippen molar-refractivity contribution in [3.63, 3.8) is 0 Å². The van der Waals surface area contributed by atoms with E-state index in [0.717, 1.165) is 31.1 Å². The van der Waals surface area contributed by atoms with Gasteiger partial charge in [0.1, 0.15) is 0 Å². The van der Waals surface area contributed by atoms with E-state index in [1.807, 2.05) is 0 Å². The Morgan fingerprint density at radius 1 is 0.786 bits per heavy atom. The van der Waals surface area contributed by atoms with Gasteiger partial charge in [0.25, 0.3) is 0 Å². The Hall–Kier alpha value is -0.530. The molecule has 0 heterocycles. The minimum atomic E-state index is -0.173. The van der Waals surface area contributed by atoms with Crippen LogP contribution in [-0.2, 0) is 9.53 Å². The summed E-state index contributed by atoms with van der Waals surface area (Å²) in [6.07, 6.45) is 23.3. The summed E-state index contributed by atoms with van der Waals surface area (Å²) in [4.78, 5) is 13.5. The fourth-order valence-corrected chi connectivity index (χ4v) is 7.19. The maximum atomic E-state index is 13.5. The van der Waals surface area contributed by atoms with Crippen molar-refractivity contribution in [2.45, 2.75) is 129 Å². The minimum absolute atomic E-state index is 0.173. The first-order chi connectivity index (χ1) is 13.7. The third-order valence-electron chi connectivity index (χ3n) is 8.86. The van der Waals surface area contributed by atoms with E-state index >= 15 is 0 Å². The van der Waals surface area contributed by atoms with Gasteiger partial charge >= 0.3 is 5.97 Å². The molecule has 3 saturated carbocycles. The van der Waals surface area contributed by atoms with Crippen LogP contribution in [0.3, 0.4) is 0 Å². The molecule has 0 bridgehead atoms. The molecule has 0 amide bonds. The van der Waals surface area contributed by atoms with E-state index in [-0.39, 0.29) is 16.8 Å². The lowest BCUT2D eigenvalue weighted by Crippen LogP contribution is -2.52. The molecule has 3 aliphatic rings. The number of unbranched alkanes of at least 4 members (excludes halogenated alkanes) is 1. The molecule has 28 heavy (non-hydrogen) atoms. The first kappa shape index (κ1) is 22.2. The standard InChI is InChI=1S/C26H46O2/c1-3-5-16-25(19-14-23(15-20-25)22-12-8-6-9-13-22)26(17-10-7-11-18-26)24(27)28-21-4-2/h22-23H,3-21H2,1-2H3. The van der Waals surface area contributed by atoms with Gasteiger partial charge < -0.3 is 4.74 Å². The van der Waals surface area contributed by atoms with Gasteiger partial charge in [-0.3, -0.25) is 4.79 Å². The smallest absolute Gasteiger partial charge is 0.312 e. The van der Waals surface area contributed by atoms with Crippen molar-refractivity contribution >= 4 is 5.97 Å². The van der Waals surface area contributed by atoms with Gasteiger partial charge in [0.15, 0.2) is 0 Å². The lowest BCUT2D eigenvalue weighted by molar-refractivity contribution is -0.175. The summed E-state index contributed by atoms with van der Waals surface area (Å²) in [5.41, 5.74) is 0.0482. The molecule has 0 aromatic rings. The van der Waals surface area contributed by atoms with E-state index in [4.69, 9.17) is 4.74 Å². The van der Waals surface area contributed by atoms with Crippen LogP contribution >= 0.6 is 0 Å². The molecule has 2 nitrogen and oxygen atoms in total. The topological polar surface area (TPSA) is 26.3 Å². The molecular weight excluding hydrogens is 344 g/mol. The minimum Gasteiger partial charge on any atom is -0.465 e. The van der Waals surface area contributed by atoms with Crippen molar-refractivity contribution in [3.8, 4) is 0 Å².